The molecule has 0 saturated carbocycles. The second-order valence-corrected chi connectivity index (χ2v) is 7.72. The van der Waals surface area contributed by atoms with Crippen molar-refractivity contribution in [2.24, 2.45) is 12.5 Å². The summed E-state index contributed by atoms with van der Waals surface area (Å²) in [5.74, 6) is -0.122. The lowest BCUT2D eigenvalue weighted by molar-refractivity contribution is -0.118. The number of hydrogen-bond acceptors (Lipinski definition) is 2. The fourth-order valence-electron chi connectivity index (χ4n) is 2.74. The van der Waals surface area contributed by atoms with Crippen LogP contribution in [0.2, 0.25) is 5.15 Å². The number of hydrogen-bond donors (Lipinski definition) is 1. The van der Waals surface area contributed by atoms with E-state index in [2.05, 4.69) is 31.2 Å². The summed E-state index contributed by atoms with van der Waals surface area (Å²) in [6.07, 6.45) is 4.12. The van der Waals surface area contributed by atoms with Gasteiger partial charge in [-0.2, -0.15) is 5.10 Å². The first kappa shape index (κ1) is 17.8. The molecule has 118 valence electrons. The first-order valence-corrected chi connectivity index (χ1v) is 7.48. The van der Waals surface area contributed by atoms with Gasteiger partial charge in [0.15, 0.2) is 0 Å². The quantitative estimate of drug-likeness (QED) is 0.861. The third kappa shape index (κ3) is 5.54. The Morgan fingerprint density at radius 1 is 1.33 bits per heavy atom. The standard InChI is InChI=1S/C16H26ClN3O/c1-11-12(14(17)20(7)19-11)8-9-13(21)18-16(5,6)10-15(2,3)4/h8-9H,10H2,1-7H3,(H,18,21)/b9-8+. The van der Waals surface area contributed by atoms with E-state index in [1.165, 1.54) is 6.08 Å². The normalized spacial score (nSPS) is 13.0. The molecule has 0 fully saturated rings. The molecule has 1 aromatic heterocycles. The predicted molar refractivity (Wildman–Crippen MR) is 88.3 cm³/mol. The maximum Gasteiger partial charge on any atom is 0.244 e. The van der Waals surface area contributed by atoms with Crippen LogP contribution in [0.25, 0.3) is 6.08 Å². The molecule has 0 aliphatic heterocycles. The number of nitrogens with one attached hydrogen (secondary N) is 1. The molecule has 0 radical (unpaired) electrons. The second-order valence-electron chi connectivity index (χ2n) is 7.36. The number of amides is 1. The maximum atomic E-state index is 12.1. The molecule has 0 spiro atoms. The highest BCUT2D eigenvalue weighted by Gasteiger charge is 2.26. The van der Waals surface area contributed by atoms with E-state index in [4.69, 9.17) is 11.6 Å². The first-order valence-electron chi connectivity index (χ1n) is 7.11. The minimum Gasteiger partial charge on any atom is -0.348 e. The van der Waals surface area contributed by atoms with Gasteiger partial charge in [0.25, 0.3) is 0 Å². The zero-order valence-electron chi connectivity index (χ0n) is 14.0. The molecule has 1 heterocycles. The molecule has 0 aliphatic rings. The molecule has 0 saturated heterocycles. The number of carbonyl (C=O) groups excluding carboxylic acids is 1. The fraction of sp³-hybridized carbons (Fsp3) is 0.625. The van der Waals surface area contributed by atoms with E-state index in [1.807, 2.05) is 20.8 Å². The number of nitrogens with zero attached hydrogens (tertiary/aromatic N) is 2. The average Bonchev–Trinajstić information content (AvgIpc) is 2.46. The molecule has 1 amide bonds. The molecular formula is C16H26ClN3O. The molecule has 21 heavy (non-hydrogen) atoms. The minimum atomic E-state index is -0.256. The van der Waals surface area contributed by atoms with E-state index >= 15 is 0 Å². The van der Waals surface area contributed by atoms with E-state index in [1.54, 1.807) is 17.8 Å². The molecule has 1 N–H and O–H groups in total. The lowest BCUT2D eigenvalue weighted by Crippen LogP contribution is -2.45. The Kier molecular flexibility index (Phi) is 5.26. The summed E-state index contributed by atoms with van der Waals surface area (Å²) in [6, 6.07) is 0. The van der Waals surface area contributed by atoms with Crippen molar-refractivity contribution in [2.45, 2.75) is 53.5 Å². The number of carbonyl (C=O) groups is 1. The smallest absolute Gasteiger partial charge is 0.244 e. The van der Waals surface area contributed by atoms with Gasteiger partial charge in [0.2, 0.25) is 5.91 Å². The van der Waals surface area contributed by atoms with E-state index < -0.39 is 0 Å². The van der Waals surface area contributed by atoms with Crippen molar-refractivity contribution in [2.75, 3.05) is 0 Å². The van der Waals surface area contributed by atoms with Gasteiger partial charge in [0.05, 0.1) is 5.69 Å². The van der Waals surface area contributed by atoms with E-state index in [9.17, 15) is 4.79 Å². The van der Waals surface area contributed by atoms with Gasteiger partial charge in [-0.05, 0) is 38.7 Å². The van der Waals surface area contributed by atoms with Crippen LogP contribution in [-0.4, -0.2) is 21.2 Å². The molecule has 0 aromatic carbocycles. The molecule has 4 nitrogen and oxygen atoms in total. The van der Waals surface area contributed by atoms with Gasteiger partial charge in [0.1, 0.15) is 5.15 Å². The van der Waals surface area contributed by atoms with Crippen LogP contribution in [0.5, 0.6) is 0 Å². The van der Waals surface area contributed by atoms with Crippen LogP contribution in [0.3, 0.4) is 0 Å². The summed E-state index contributed by atoms with van der Waals surface area (Å²) in [7, 11) is 1.78. The van der Waals surface area contributed by atoms with Gasteiger partial charge >= 0.3 is 0 Å². The summed E-state index contributed by atoms with van der Waals surface area (Å²) >= 11 is 6.14. The Bertz CT molecular complexity index is 551. The van der Waals surface area contributed by atoms with Crippen molar-refractivity contribution in [3.8, 4) is 0 Å². The van der Waals surface area contributed by atoms with Crippen LogP contribution in [0.1, 0.15) is 52.3 Å². The van der Waals surface area contributed by atoms with E-state index in [-0.39, 0.29) is 16.9 Å². The third-order valence-corrected chi connectivity index (χ3v) is 3.48. The van der Waals surface area contributed by atoms with Crippen LogP contribution >= 0.6 is 11.6 Å². The van der Waals surface area contributed by atoms with Crippen LogP contribution in [0, 0.1) is 12.3 Å². The summed E-state index contributed by atoms with van der Waals surface area (Å²) in [6.45, 7) is 12.4. The highest BCUT2D eigenvalue weighted by molar-refractivity contribution is 6.31. The van der Waals surface area contributed by atoms with Crippen LogP contribution in [0.15, 0.2) is 6.08 Å². The lowest BCUT2D eigenvalue weighted by atomic mass is 9.82. The summed E-state index contributed by atoms with van der Waals surface area (Å²) in [5.41, 5.74) is 1.49. The Hall–Kier alpha value is -1.29. The van der Waals surface area contributed by atoms with Crippen molar-refractivity contribution < 1.29 is 4.79 Å². The van der Waals surface area contributed by atoms with Gasteiger partial charge in [-0.1, -0.05) is 32.4 Å². The van der Waals surface area contributed by atoms with E-state index in [0.717, 1.165) is 17.7 Å². The van der Waals surface area contributed by atoms with Gasteiger partial charge in [-0.25, -0.2) is 0 Å². The molecule has 0 atom stereocenters. The number of rotatable bonds is 4. The van der Waals surface area contributed by atoms with Crippen LogP contribution < -0.4 is 5.32 Å². The van der Waals surface area contributed by atoms with Crippen molar-refractivity contribution in [1.29, 1.82) is 0 Å². The molecular weight excluding hydrogens is 286 g/mol. The highest BCUT2D eigenvalue weighted by atomic mass is 35.5. The molecule has 5 heteroatoms. The van der Waals surface area contributed by atoms with Gasteiger partial charge in [-0.3, -0.25) is 9.48 Å². The van der Waals surface area contributed by atoms with Gasteiger partial charge in [0, 0.05) is 24.2 Å². The minimum absolute atomic E-state index is 0.122. The predicted octanol–water partition coefficient (Wildman–Crippen LogP) is 3.73. The summed E-state index contributed by atoms with van der Waals surface area (Å²) < 4.78 is 1.60. The zero-order valence-corrected chi connectivity index (χ0v) is 14.8. The topological polar surface area (TPSA) is 46.9 Å². The summed E-state index contributed by atoms with van der Waals surface area (Å²) in [5, 5.41) is 7.78. The van der Waals surface area contributed by atoms with Gasteiger partial charge < -0.3 is 5.32 Å². The monoisotopic (exact) mass is 311 g/mol. The number of aryl methyl sites for hydroxylation is 2. The first-order chi connectivity index (χ1) is 9.41. The van der Waals surface area contributed by atoms with Crippen LogP contribution in [-0.2, 0) is 11.8 Å². The maximum absolute atomic E-state index is 12.1. The van der Waals surface area contributed by atoms with Crippen molar-refractivity contribution in [3.05, 3.63) is 22.5 Å². The molecule has 0 aliphatic carbocycles. The molecule has 1 rings (SSSR count). The van der Waals surface area contributed by atoms with Crippen molar-refractivity contribution in [1.82, 2.24) is 15.1 Å². The second kappa shape index (κ2) is 6.22. The number of halogens is 1. The Labute approximate surface area is 132 Å². The molecule has 0 bridgehead atoms. The lowest BCUT2D eigenvalue weighted by Gasteiger charge is -2.32. The van der Waals surface area contributed by atoms with Gasteiger partial charge in [-0.15, -0.1) is 0 Å². The molecule has 0 unspecified atom stereocenters. The SMILES string of the molecule is Cc1nn(C)c(Cl)c1/C=C/C(=O)NC(C)(C)CC(C)(C)C. The van der Waals surface area contributed by atoms with Crippen LogP contribution in [0.4, 0.5) is 0 Å². The Balaban J connectivity index is 2.75. The molecule has 1 aromatic rings. The van der Waals surface area contributed by atoms with Crippen molar-refractivity contribution >= 4 is 23.6 Å². The largest absolute Gasteiger partial charge is 0.348 e. The average molecular weight is 312 g/mol. The zero-order chi connectivity index (χ0) is 16.4. The Morgan fingerprint density at radius 3 is 2.33 bits per heavy atom. The summed E-state index contributed by atoms with van der Waals surface area (Å²) in [4.78, 5) is 12.1. The highest BCUT2D eigenvalue weighted by Crippen LogP contribution is 2.26. The number of aromatic nitrogens is 2. The fourth-order valence-corrected chi connectivity index (χ4v) is 2.98. The van der Waals surface area contributed by atoms with E-state index in [0.29, 0.717) is 5.15 Å². The third-order valence-electron chi connectivity index (χ3n) is 3.03. The Morgan fingerprint density at radius 2 is 1.90 bits per heavy atom. The van der Waals surface area contributed by atoms with Crippen molar-refractivity contribution in [3.63, 3.8) is 0 Å².